The van der Waals surface area contributed by atoms with Gasteiger partial charge in [-0.05, 0) is 42.5 Å². The van der Waals surface area contributed by atoms with E-state index in [9.17, 15) is 13.2 Å². The standard InChI is InChI=1S/C27H35N3O5S2/c1-6-11-30-22-14-23-24(35-13-12-34-23)15-25(22)36-27(30)28-26(31)20-7-9-21(10-8-20)37(32,33)29(16-18(2)3)17-19(4)5/h7-10,14-15,18-19H,6,11-13,16-17H2,1-5H3. The SMILES string of the molecule is CCCn1c(=NC(=O)c2ccc(S(=O)(=O)N(CC(C)C)CC(C)C)cc2)sc2cc3c(cc21)OCCO3. The molecule has 0 N–H and O–H groups in total. The van der Waals surface area contributed by atoms with E-state index in [1.54, 1.807) is 12.1 Å². The fraction of sp³-hybridized carbons (Fsp3) is 0.481. The predicted molar refractivity (Wildman–Crippen MR) is 146 cm³/mol. The topological polar surface area (TPSA) is 90.2 Å². The first kappa shape index (κ1) is 27.3. The van der Waals surface area contributed by atoms with Crippen LogP contribution < -0.4 is 14.3 Å². The summed E-state index contributed by atoms with van der Waals surface area (Å²) in [4.78, 5) is 18.3. The number of nitrogens with zero attached hydrogens (tertiary/aromatic N) is 3. The fourth-order valence-corrected chi connectivity index (χ4v) is 7.12. The highest BCUT2D eigenvalue weighted by Crippen LogP contribution is 2.35. The zero-order chi connectivity index (χ0) is 26.7. The number of benzene rings is 2. The molecule has 3 aromatic rings. The fourth-order valence-electron chi connectivity index (χ4n) is 4.29. The first-order valence-electron chi connectivity index (χ1n) is 12.7. The summed E-state index contributed by atoms with van der Waals surface area (Å²) >= 11 is 1.42. The van der Waals surface area contributed by atoms with Gasteiger partial charge in [0.15, 0.2) is 16.3 Å². The summed E-state index contributed by atoms with van der Waals surface area (Å²) in [6.45, 7) is 12.7. The van der Waals surface area contributed by atoms with Crippen LogP contribution in [0.3, 0.4) is 0 Å². The van der Waals surface area contributed by atoms with Crippen LogP contribution in [0.25, 0.3) is 10.2 Å². The normalized spacial score (nSPS) is 14.3. The van der Waals surface area contributed by atoms with E-state index in [2.05, 4.69) is 11.9 Å². The molecule has 8 nitrogen and oxygen atoms in total. The number of fused-ring (bicyclic) bond motifs is 2. The molecule has 0 atom stereocenters. The van der Waals surface area contributed by atoms with Gasteiger partial charge in [0.2, 0.25) is 10.0 Å². The molecular weight excluding hydrogens is 510 g/mol. The van der Waals surface area contributed by atoms with Crippen molar-refractivity contribution in [3.05, 3.63) is 46.8 Å². The number of aryl methyl sites for hydroxylation is 1. The molecule has 0 saturated heterocycles. The largest absolute Gasteiger partial charge is 0.486 e. The second-order valence-corrected chi connectivity index (χ2v) is 13.0. The molecule has 0 spiro atoms. The number of hydrogen-bond donors (Lipinski definition) is 0. The average molecular weight is 546 g/mol. The van der Waals surface area contributed by atoms with Crippen LogP contribution in [0.1, 0.15) is 51.4 Å². The van der Waals surface area contributed by atoms with Crippen LogP contribution in [0, 0.1) is 11.8 Å². The van der Waals surface area contributed by atoms with Gasteiger partial charge in [-0.1, -0.05) is 46.0 Å². The number of carbonyl (C=O) groups excluding carboxylic acids is 1. The zero-order valence-electron chi connectivity index (χ0n) is 22.1. The third kappa shape index (κ3) is 6.08. The highest BCUT2D eigenvalue weighted by atomic mass is 32.2. The molecule has 0 saturated carbocycles. The number of thiazole rings is 1. The molecule has 0 bridgehead atoms. The molecule has 37 heavy (non-hydrogen) atoms. The highest BCUT2D eigenvalue weighted by molar-refractivity contribution is 7.89. The van der Waals surface area contributed by atoms with E-state index in [1.807, 2.05) is 44.4 Å². The van der Waals surface area contributed by atoms with Gasteiger partial charge in [-0.15, -0.1) is 0 Å². The van der Waals surface area contributed by atoms with E-state index in [0.29, 0.717) is 54.7 Å². The van der Waals surface area contributed by atoms with Crippen molar-refractivity contribution < 1.29 is 22.7 Å². The second-order valence-electron chi connectivity index (χ2n) is 10.1. The summed E-state index contributed by atoms with van der Waals surface area (Å²) < 4.78 is 42.5. The molecule has 1 aliphatic rings. The Morgan fingerprint density at radius 3 is 2.19 bits per heavy atom. The van der Waals surface area contributed by atoms with Gasteiger partial charge in [-0.25, -0.2) is 8.42 Å². The summed E-state index contributed by atoms with van der Waals surface area (Å²) in [6, 6.07) is 9.96. The van der Waals surface area contributed by atoms with Crippen molar-refractivity contribution in [2.45, 2.75) is 52.5 Å². The monoisotopic (exact) mass is 545 g/mol. The van der Waals surface area contributed by atoms with E-state index < -0.39 is 15.9 Å². The molecular formula is C27H35N3O5S2. The van der Waals surface area contributed by atoms with Gasteiger partial charge in [0, 0.05) is 37.3 Å². The molecule has 0 unspecified atom stereocenters. The molecule has 1 aromatic heterocycles. The van der Waals surface area contributed by atoms with Crippen LogP contribution in [-0.4, -0.2) is 49.5 Å². The Morgan fingerprint density at radius 1 is 1.03 bits per heavy atom. The number of sulfonamides is 1. The van der Waals surface area contributed by atoms with Crippen molar-refractivity contribution >= 4 is 37.5 Å². The minimum Gasteiger partial charge on any atom is -0.486 e. The molecule has 1 amide bonds. The Morgan fingerprint density at radius 2 is 1.62 bits per heavy atom. The highest BCUT2D eigenvalue weighted by Gasteiger charge is 2.26. The van der Waals surface area contributed by atoms with Crippen LogP contribution >= 0.6 is 11.3 Å². The van der Waals surface area contributed by atoms with Crippen molar-refractivity contribution in [1.29, 1.82) is 0 Å². The lowest BCUT2D eigenvalue weighted by molar-refractivity contribution is 0.0997. The van der Waals surface area contributed by atoms with Crippen molar-refractivity contribution in [2.24, 2.45) is 16.8 Å². The number of ether oxygens (including phenoxy) is 2. The first-order valence-corrected chi connectivity index (χ1v) is 15.0. The molecule has 2 aromatic carbocycles. The summed E-state index contributed by atoms with van der Waals surface area (Å²) in [5.74, 6) is 1.38. The Labute approximate surface area is 222 Å². The summed E-state index contributed by atoms with van der Waals surface area (Å²) in [5, 5.41) is 0. The third-order valence-corrected chi connectivity index (χ3v) is 8.75. The van der Waals surface area contributed by atoms with Gasteiger partial charge in [0.1, 0.15) is 13.2 Å². The van der Waals surface area contributed by atoms with Crippen molar-refractivity contribution in [2.75, 3.05) is 26.3 Å². The minimum absolute atomic E-state index is 0.179. The molecule has 4 rings (SSSR count). The van der Waals surface area contributed by atoms with Crippen molar-refractivity contribution in [3.63, 3.8) is 0 Å². The van der Waals surface area contributed by atoms with Crippen LogP contribution in [0.2, 0.25) is 0 Å². The lowest BCUT2D eigenvalue weighted by Gasteiger charge is -2.25. The molecule has 10 heteroatoms. The van der Waals surface area contributed by atoms with Crippen molar-refractivity contribution in [1.82, 2.24) is 8.87 Å². The van der Waals surface area contributed by atoms with Gasteiger partial charge in [-0.3, -0.25) is 4.79 Å². The van der Waals surface area contributed by atoms with Gasteiger partial charge < -0.3 is 14.0 Å². The predicted octanol–water partition coefficient (Wildman–Crippen LogP) is 4.93. The van der Waals surface area contributed by atoms with Crippen LogP contribution in [0.4, 0.5) is 0 Å². The maximum atomic E-state index is 13.3. The van der Waals surface area contributed by atoms with E-state index >= 15 is 0 Å². The zero-order valence-corrected chi connectivity index (χ0v) is 23.7. The Bertz CT molecular complexity index is 1430. The Kier molecular flexibility index (Phi) is 8.40. The van der Waals surface area contributed by atoms with E-state index in [0.717, 1.165) is 16.6 Å². The molecule has 2 heterocycles. The summed E-state index contributed by atoms with van der Waals surface area (Å²) in [5.41, 5.74) is 1.28. The first-order chi connectivity index (χ1) is 17.6. The van der Waals surface area contributed by atoms with Gasteiger partial charge >= 0.3 is 0 Å². The average Bonchev–Trinajstić information content (AvgIpc) is 3.17. The van der Waals surface area contributed by atoms with Crippen LogP contribution in [0.5, 0.6) is 11.5 Å². The molecule has 0 fully saturated rings. The lowest BCUT2D eigenvalue weighted by Crippen LogP contribution is -2.37. The van der Waals surface area contributed by atoms with E-state index in [-0.39, 0.29) is 16.7 Å². The molecule has 0 radical (unpaired) electrons. The number of amides is 1. The lowest BCUT2D eigenvalue weighted by atomic mass is 10.2. The van der Waals surface area contributed by atoms with E-state index in [4.69, 9.17) is 9.47 Å². The number of rotatable bonds is 9. The maximum Gasteiger partial charge on any atom is 0.279 e. The van der Waals surface area contributed by atoms with Gasteiger partial charge in [0.25, 0.3) is 5.91 Å². The summed E-state index contributed by atoms with van der Waals surface area (Å²) in [7, 11) is -3.67. The second kappa shape index (κ2) is 11.4. The number of hydrogen-bond acceptors (Lipinski definition) is 6. The quantitative estimate of drug-likeness (QED) is 0.380. The Balaban J connectivity index is 1.66. The smallest absolute Gasteiger partial charge is 0.279 e. The van der Waals surface area contributed by atoms with Gasteiger partial charge in [-0.2, -0.15) is 9.30 Å². The number of aromatic nitrogens is 1. The van der Waals surface area contributed by atoms with Gasteiger partial charge in [0.05, 0.1) is 15.1 Å². The van der Waals surface area contributed by atoms with Crippen LogP contribution in [0.15, 0.2) is 46.3 Å². The summed E-state index contributed by atoms with van der Waals surface area (Å²) in [6.07, 6.45) is 0.872. The van der Waals surface area contributed by atoms with Crippen molar-refractivity contribution in [3.8, 4) is 11.5 Å². The van der Waals surface area contributed by atoms with Crippen LogP contribution in [-0.2, 0) is 16.6 Å². The molecule has 200 valence electrons. The third-order valence-electron chi connectivity index (χ3n) is 5.87. The molecule has 1 aliphatic heterocycles. The molecule has 0 aliphatic carbocycles. The Hall–Kier alpha value is -2.69. The number of carbonyl (C=O) groups is 1. The maximum absolute atomic E-state index is 13.3. The minimum atomic E-state index is -3.67. The van der Waals surface area contributed by atoms with E-state index in [1.165, 1.54) is 27.8 Å².